The maximum Gasteiger partial charge on any atom is 0.260 e. The van der Waals surface area contributed by atoms with Crippen molar-refractivity contribution in [3.05, 3.63) is 11.4 Å². The Bertz CT molecular complexity index is 428. The predicted molar refractivity (Wildman–Crippen MR) is 67.5 cm³/mol. The quantitative estimate of drug-likeness (QED) is 0.819. The predicted octanol–water partition coefficient (Wildman–Crippen LogP) is 0.255. The lowest BCUT2D eigenvalue weighted by Gasteiger charge is -2.23. The number of aliphatic hydroxyl groups is 1. The van der Waals surface area contributed by atoms with Crippen LogP contribution in [0.1, 0.15) is 18.3 Å². The van der Waals surface area contributed by atoms with Gasteiger partial charge in [0, 0.05) is 14.1 Å². The van der Waals surface area contributed by atoms with Crippen LogP contribution < -0.4 is 4.74 Å². The highest BCUT2D eigenvalue weighted by molar-refractivity contribution is 5.77. The Morgan fingerprint density at radius 1 is 1.56 bits per heavy atom. The molecule has 1 unspecified atom stereocenters. The smallest absolute Gasteiger partial charge is 0.260 e. The zero-order valence-corrected chi connectivity index (χ0v) is 11.6. The Morgan fingerprint density at radius 3 is 2.61 bits per heavy atom. The molecule has 6 nitrogen and oxygen atoms in total. The van der Waals surface area contributed by atoms with Gasteiger partial charge in [-0.25, -0.2) is 0 Å². The van der Waals surface area contributed by atoms with Crippen LogP contribution in [0.4, 0.5) is 0 Å². The number of aromatic nitrogens is 2. The molecule has 0 aliphatic rings. The summed E-state index contributed by atoms with van der Waals surface area (Å²) in [5.41, 5.74) is 1.65. The third-order valence-electron chi connectivity index (χ3n) is 3.10. The summed E-state index contributed by atoms with van der Waals surface area (Å²) < 4.78 is 7.23. The minimum absolute atomic E-state index is 0.0474. The van der Waals surface area contributed by atoms with E-state index in [1.54, 1.807) is 18.7 Å². The number of ether oxygens (including phenoxy) is 1. The minimum atomic E-state index is -0.211. The molecule has 0 saturated heterocycles. The van der Waals surface area contributed by atoms with E-state index in [-0.39, 0.29) is 25.2 Å². The van der Waals surface area contributed by atoms with E-state index >= 15 is 0 Å². The van der Waals surface area contributed by atoms with E-state index in [1.165, 1.54) is 4.90 Å². The van der Waals surface area contributed by atoms with Crippen LogP contribution >= 0.6 is 0 Å². The second-order valence-electron chi connectivity index (χ2n) is 4.45. The fourth-order valence-corrected chi connectivity index (χ4v) is 1.57. The van der Waals surface area contributed by atoms with Crippen molar-refractivity contribution >= 4 is 5.91 Å². The fourth-order valence-electron chi connectivity index (χ4n) is 1.57. The van der Waals surface area contributed by atoms with Crippen molar-refractivity contribution in [1.29, 1.82) is 0 Å². The first-order valence-corrected chi connectivity index (χ1v) is 5.88. The number of amides is 1. The number of hydrogen-bond donors (Lipinski definition) is 1. The van der Waals surface area contributed by atoms with Crippen molar-refractivity contribution < 1.29 is 14.6 Å². The Morgan fingerprint density at radius 2 is 2.17 bits per heavy atom. The largest absolute Gasteiger partial charge is 0.480 e. The first-order chi connectivity index (χ1) is 8.38. The molecule has 1 rings (SSSR count). The van der Waals surface area contributed by atoms with Crippen molar-refractivity contribution in [2.75, 3.05) is 20.3 Å². The molecule has 0 saturated carbocycles. The lowest BCUT2D eigenvalue weighted by Crippen LogP contribution is -2.40. The SMILES string of the molecule is Cc1nn(C)c(C)c1OCC(=O)N(C)C(C)CO. The summed E-state index contributed by atoms with van der Waals surface area (Å²) in [6.07, 6.45) is 0. The molecular weight excluding hydrogens is 234 g/mol. The molecule has 1 N–H and O–H groups in total. The zero-order chi connectivity index (χ0) is 13.9. The maximum absolute atomic E-state index is 11.8. The van der Waals surface area contributed by atoms with Crippen LogP contribution in [0.25, 0.3) is 0 Å². The highest BCUT2D eigenvalue weighted by Crippen LogP contribution is 2.21. The number of nitrogens with zero attached hydrogens (tertiary/aromatic N) is 3. The average Bonchev–Trinajstić information content (AvgIpc) is 2.59. The molecule has 0 radical (unpaired) electrons. The van der Waals surface area contributed by atoms with Gasteiger partial charge in [-0.2, -0.15) is 5.10 Å². The molecule has 0 fully saturated rings. The van der Waals surface area contributed by atoms with Crippen LogP contribution in [-0.4, -0.2) is 52.0 Å². The van der Waals surface area contributed by atoms with Gasteiger partial charge < -0.3 is 14.7 Å². The Balaban J connectivity index is 2.63. The van der Waals surface area contributed by atoms with Gasteiger partial charge in [0.25, 0.3) is 5.91 Å². The molecule has 1 atom stereocenters. The van der Waals surface area contributed by atoms with Crippen LogP contribution in [0.5, 0.6) is 5.75 Å². The van der Waals surface area contributed by atoms with Gasteiger partial charge in [-0.05, 0) is 20.8 Å². The van der Waals surface area contributed by atoms with Crippen LogP contribution in [-0.2, 0) is 11.8 Å². The third kappa shape index (κ3) is 3.01. The van der Waals surface area contributed by atoms with E-state index in [9.17, 15) is 4.79 Å². The standard InChI is InChI=1S/C12H21N3O3/c1-8(6-16)14(4)11(17)7-18-12-9(2)13-15(5)10(12)3/h8,16H,6-7H2,1-5H3. The van der Waals surface area contributed by atoms with E-state index in [0.717, 1.165) is 11.4 Å². The number of aryl methyl sites for hydroxylation is 2. The molecular formula is C12H21N3O3. The van der Waals surface area contributed by atoms with Gasteiger partial charge >= 0.3 is 0 Å². The molecule has 1 aromatic rings. The second-order valence-corrected chi connectivity index (χ2v) is 4.45. The minimum Gasteiger partial charge on any atom is -0.480 e. The summed E-state index contributed by atoms with van der Waals surface area (Å²) >= 11 is 0. The van der Waals surface area contributed by atoms with Crippen molar-refractivity contribution in [2.24, 2.45) is 7.05 Å². The van der Waals surface area contributed by atoms with Crippen LogP contribution in [0.2, 0.25) is 0 Å². The van der Waals surface area contributed by atoms with E-state index in [2.05, 4.69) is 5.10 Å². The van der Waals surface area contributed by atoms with Gasteiger partial charge in [0.1, 0.15) is 5.69 Å². The molecule has 0 spiro atoms. The first kappa shape index (κ1) is 14.5. The summed E-state index contributed by atoms with van der Waals surface area (Å²) in [6.45, 7) is 5.40. The Kier molecular flexibility index (Phi) is 4.72. The molecule has 102 valence electrons. The number of carbonyl (C=O) groups excluding carboxylic acids is 1. The third-order valence-corrected chi connectivity index (χ3v) is 3.10. The van der Waals surface area contributed by atoms with Gasteiger partial charge in [-0.15, -0.1) is 0 Å². The molecule has 0 aliphatic carbocycles. The second kappa shape index (κ2) is 5.86. The molecule has 1 amide bonds. The van der Waals surface area contributed by atoms with Gasteiger partial charge in [-0.1, -0.05) is 0 Å². The topological polar surface area (TPSA) is 67.6 Å². The Hall–Kier alpha value is -1.56. The van der Waals surface area contributed by atoms with Crippen molar-refractivity contribution in [3.8, 4) is 5.75 Å². The molecule has 1 heterocycles. The number of likely N-dealkylation sites (N-methyl/N-ethyl adjacent to an activating group) is 1. The normalized spacial score (nSPS) is 12.3. The highest BCUT2D eigenvalue weighted by atomic mass is 16.5. The monoisotopic (exact) mass is 255 g/mol. The molecule has 1 aromatic heterocycles. The van der Waals surface area contributed by atoms with Gasteiger partial charge in [0.15, 0.2) is 12.4 Å². The van der Waals surface area contributed by atoms with E-state index in [1.807, 2.05) is 20.9 Å². The van der Waals surface area contributed by atoms with E-state index < -0.39 is 0 Å². The number of rotatable bonds is 5. The first-order valence-electron chi connectivity index (χ1n) is 5.88. The number of aliphatic hydroxyl groups excluding tert-OH is 1. The van der Waals surface area contributed by atoms with E-state index in [4.69, 9.17) is 9.84 Å². The molecule has 0 aromatic carbocycles. The van der Waals surface area contributed by atoms with Gasteiger partial charge in [0.05, 0.1) is 18.3 Å². The van der Waals surface area contributed by atoms with Crippen molar-refractivity contribution in [3.63, 3.8) is 0 Å². The Labute approximate surface area is 107 Å². The lowest BCUT2D eigenvalue weighted by molar-refractivity contribution is -0.134. The highest BCUT2D eigenvalue weighted by Gasteiger charge is 2.17. The molecule has 18 heavy (non-hydrogen) atoms. The van der Waals surface area contributed by atoms with Crippen molar-refractivity contribution in [2.45, 2.75) is 26.8 Å². The summed E-state index contributed by atoms with van der Waals surface area (Å²) in [7, 11) is 3.48. The zero-order valence-electron chi connectivity index (χ0n) is 11.6. The van der Waals surface area contributed by atoms with Crippen LogP contribution in [0, 0.1) is 13.8 Å². The average molecular weight is 255 g/mol. The fraction of sp³-hybridized carbons (Fsp3) is 0.667. The molecule has 0 bridgehead atoms. The lowest BCUT2D eigenvalue weighted by atomic mass is 10.3. The summed E-state index contributed by atoms with van der Waals surface area (Å²) in [6, 6.07) is -0.211. The van der Waals surface area contributed by atoms with Crippen molar-refractivity contribution in [1.82, 2.24) is 14.7 Å². The number of carbonyl (C=O) groups is 1. The summed E-state index contributed by atoms with van der Waals surface area (Å²) in [5, 5.41) is 13.2. The molecule has 0 aliphatic heterocycles. The summed E-state index contributed by atoms with van der Waals surface area (Å²) in [4.78, 5) is 13.3. The summed E-state index contributed by atoms with van der Waals surface area (Å²) in [5.74, 6) is 0.482. The van der Waals surface area contributed by atoms with Crippen LogP contribution in [0.15, 0.2) is 0 Å². The van der Waals surface area contributed by atoms with Crippen LogP contribution in [0.3, 0.4) is 0 Å². The molecule has 6 heteroatoms. The maximum atomic E-state index is 11.8. The van der Waals surface area contributed by atoms with E-state index in [0.29, 0.717) is 5.75 Å². The number of hydrogen-bond acceptors (Lipinski definition) is 4. The van der Waals surface area contributed by atoms with Gasteiger partial charge in [0.2, 0.25) is 0 Å². The van der Waals surface area contributed by atoms with Gasteiger partial charge in [-0.3, -0.25) is 9.48 Å².